The summed E-state index contributed by atoms with van der Waals surface area (Å²) in [5.41, 5.74) is 1.60. The van der Waals surface area contributed by atoms with Gasteiger partial charge in [-0.15, -0.1) is 0 Å². The minimum Gasteiger partial charge on any atom is -0.380 e. The second kappa shape index (κ2) is 4.11. The van der Waals surface area contributed by atoms with E-state index in [-0.39, 0.29) is 5.41 Å². The maximum Gasteiger partial charge on any atom is 0.145 e. The lowest BCUT2D eigenvalue weighted by Gasteiger charge is -2.38. The van der Waals surface area contributed by atoms with Gasteiger partial charge in [0, 0.05) is 12.0 Å². The fraction of sp³-hybridized carbons (Fsp3) is 0.500. The van der Waals surface area contributed by atoms with Crippen molar-refractivity contribution < 1.29 is 4.74 Å². The van der Waals surface area contributed by atoms with Gasteiger partial charge in [-0.2, -0.15) is 5.26 Å². The van der Waals surface area contributed by atoms with Crippen molar-refractivity contribution in [3.63, 3.8) is 0 Å². The predicted molar refractivity (Wildman–Crippen MR) is 61.1 cm³/mol. The largest absolute Gasteiger partial charge is 0.380 e. The molecule has 1 saturated heterocycles. The summed E-state index contributed by atoms with van der Waals surface area (Å²) in [4.78, 5) is 4.24. The van der Waals surface area contributed by atoms with E-state index < -0.39 is 0 Å². The predicted octanol–water partition coefficient (Wildman–Crippen LogP) is 1.71. The highest BCUT2D eigenvalue weighted by atomic mass is 16.5. The molecule has 84 valence electrons. The molecule has 1 fully saturated rings. The van der Waals surface area contributed by atoms with Crippen LogP contribution in [0.25, 0.3) is 0 Å². The quantitative estimate of drug-likeness (QED) is 0.837. The van der Waals surface area contributed by atoms with E-state index in [9.17, 15) is 0 Å². The summed E-state index contributed by atoms with van der Waals surface area (Å²) >= 11 is 0. The van der Waals surface area contributed by atoms with Crippen LogP contribution in [0.4, 0.5) is 5.82 Å². The number of anilines is 1. The SMILES string of the molecule is Cc1ccc(NCC2(C)COC2)nc1C#N. The summed E-state index contributed by atoms with van der Waals surface area (Å²) in [6, 6.07) is 5.90. The van der Waals surface area contributed by atoms with Gasteiger partial charge in [-0.3, -0.25) is 0 Å². The number of hydrogen-bond acceptors (Lipinski definition) is 4. The summed E-state index contributed by atoms with van der Waals surface area (Å²) in [5.74, 6) is 0.760. The molecule has 0 amide bonds. The number of nitriles is 1. The molecule has 4 nitrogen and oxygen atoms in total. The number of aryl methyl sites for hydroxylation is 1. The van der Waals surface area contributed by atoms with Gasteiger partial charge in [-0.1, -0.05) is 13.0 Å². The van der Waals surface area contributed by atoms with Crippen LogP contribution < -0.4 is 5.32 Å². The standard InChI is InChI=1S/C12H15N3O/c1-9-3-4-11(15-10(9)5-13)14-6-12(2)7-16-8-12/h3-4H,6-8H2,1-2H3,(H,14,15). The topological polar surface area (TPSA) is 57.9 Å². The highest BCUT2D eigenvalue weighted by molar-refractivity contribution is 5.42. The third kappa shape index (κ3) is 2.15. The highest BCUT2D eigenvalue weighted by Crippen LogP contribution is 2.26. The molecule has 0 radical (unpaired) electrons. The van der Waals surface area contributed by atoms with Gasteiger partial charge in [0.15, 0.2) is 0 Å². The molecule has 0 unspecified atom stereocenters. The first-order valence-corrected chi connectivity index (χ1v) is 5.32. The maximum atomic E-state index is 8.87. The van der Waals surface area contributed by atoms with Crippen molar-refractivity contribution in [2.75, 3.05) is 25.1 Å². The van der Waals surface area contributed by atoms with E-state index in [4.69, 9.17) is 10.00 Å². The van der Waals surface area contributed by atoms with Gasteiger partial charge in [0.25, 0.3) is 0 Å². The van der Waals surface area contributed by atoms with Crippen LogP contribution >= 0.6 is 0 Å². The Hall–Kier alpha value is -1.60. The van der Waals surface area contributed by atoms with Gasteiger partial charge >= 0.3 is 0 Å². The molecule has 0 spiro atoms. The Morgan fingerprint density at radius 3 is 2.88 bits per heavy atom. The Balaban J connectivity index is 2.02. The molecule has 0 bridgehead atoms. The third-order valence-corrected chi connectivity index (χ3v) is 2.80. The molecule has 16 heavy (non-hydrogen) atoms. The molecule has 2 heterocycles. The molecule has 1 N–H and O–H groups in total. The molecule has 0 aliphatic carbocycles. The van der Waals surface area contributed by atoms with Gasteiger partial charge < -0.3 is 10.1 Å². The first-order chi connectivity index (χ1) is 7.63. The fourth-order valence-electron chi connectivity index (χ4n) is 1.60. The number of aromatic nitrogens is 1. The lowest BCUT2D eigenvalue weighted by Crippen LogP contribution is -2.45. The molecule has 0 aromatic carbocycles. The Labute approximate surface area is 95.3 Å². The van der Waals surface area contributed by atoms with E-state index in [0.29, 0.717) is 5.69 Å². The van der Waals surface area contributed by atoms with E-state index in [1.165, 1.54) is 0 Å². The van der Waals surface area contributed by atoms with Crippen molar-refractivity contribution >= 4 is 5.82 Å². The zero-order valence-electron chi connectivity index (χ0n) is 9.58. The van der Waals surface area contributed by atoms with E-state index >= 15 is 0 Å². The molecule has 4 heteroatoms. The van der Waals surface area contributed by atoms with Gasteiger partial charge in [-0.25, -0.2) is 4.98 Å². The molecule has 1 aromatic heterocycles. The molecular formula is C12H15N3O. The average molecular weight is 217 g/mol. The van der Waals surface area contributed by atoms with Crippen molar-refractivity contribution in [1.29, 1.82) is 5.26 Å². The van der Waals surface area contributed by atoms with Gasteiger partial charge in [0.1, 0.15) is 17.6 Å². The molecule has 2 rings (SSSR count). The van der Waals surface area contributed by atoms with Crippen LogP contribution in [0.5, 0.6) is 0 Å². The number of pyridine rings is 1. The lowest BCUT2D eigenvalue weighted by molar-refractivity contribution is -0.0924. The summed E-state index contributed by atoms with van der Waals surface area (Å²) in [6.45, 7) is 6.46. The highest BCUT2D eigenvalue weighted by Gasteiger charge is 2.33. The summed E-state index contributed by atoms with van der Waals surface area (Å²) in [5, 5.41) is 12.1. The van der Waals surface area contributed by atoms with Crippen molar-refractivity contribution in [1.82, 2.24) is 4.98 Å². The van der Waals surface area contributed by atoms with Crippen LogP contribution in [0, 0.1) is 23.7 Å². The Morgan fingerprint density at radius 2 is 2.31 bits per heavy atom. The number of rotatable bonds is 3. The number of nitrogens with zero attached hydrogens (tertiary/aromatic N) is 2. The third-order valence-electron chi connectivity index (χ3n) is 2.80. The Kier molecular flexibility index (Phi) is 2.80. The fourth-order valence-corrected chi connectivity index (χ4v) is 1.60. The minimum absolute atomic E-state index is 0.208. The summed E-state index contributed by atoms with van der Waals surface area (Å²) in [6.07, 6.45) is 0. The van der Waals surface area contributed by atoms with Gasteiger partial charge in [-0.05, 0) is 18.6 Å². The summed E-state index contributed by atoms with van der Waals surface area (Å²) < 4.78 is 5.18. The Bertz CT molecular complexity index is 432. The van der Waals surface area contributed by atoms with Crippen molar-refractivity contribution in [2.24, 2.45) is 5.41 Å². The first-order valence-electron chi connectivity index (χ1n) is 5.32. The normalized spacial score (nSPS) is 17.3. The molecular weight excluding hydrogens is 202 g/mol. The van der Waals surface area contributed by atoms with E-state index in [0.717, 1.165) is 31.1 Å². The Morgan fingerprint density at radius 1 is 1.56 bits per heavy atom. The summed E-state index contributed by atoms with van der Waals surface area (Å²) in [7, 11) is 0. The number of ether oxygens (including phenoxy) is 1. The van der Waals surface area contributed by atoms with Gasteiger partial charge in [0.05, 0.1) is 13.2 Å². The van der Waals surface area contributed by atoms with Crippen LogP contribution in [0.15, 0.2) is 12.1 Å². The van der Waals surface area contributed by atoms with E-state index in [1.54, 1.807) is 0 Å². The van der Waals surface area contributed by atoms with Crippen LogP contribution in [0.2, 0.25) is 0 Å². The number of hydrogen-bond donors (Lipinski definition) is 1. The van der Waals surface area contributed by atoms with Crippen molar-refractivity contribution in [3.05, 3.63) is 23.4 Å². The van der Waals surface area contributed by atoms with Crippen LogP contribution in [-0.2, 0) is 4.74 Å². The second-order valence-electron chi connectivity index (χ2n) is 4.63. The monoisotopic (exact) mass is 217 g/mol. The average Bonchev–Trinajstić information content (AvgIpc) is 2.25. The smallest absolute Gasteiger partial charge is 0.145 e. The molecule has 0 saturated carbocycles. The van der Waals surface area contributed by atoms with Crippen LogP contribution in [0.3, 0.4) is 0 Å². The second-order valence-corrected chi connectivity index (χ2v) is 4.63. The lowest BCUT2D eigenvalue weighted by atomic mass is 9.89. The zero-order valence-corrected chi connectivity index (χ0v) is 9.58. The van der Waals surface area contributed by atoms with Crippen LogP contribution in [0.1, 0.15) is 18.2 Å². The molecule has 1 aromatic rings. The van der Waals surface area contributed by atoms with Crippen molar-refractivity contribution in [3.8, 4) is 6.07 Å². The van der Waals surface area contributed by atoms with Gasteiger partial charge in [0.2, 0.25) is 0 Å². The maximum absolute atomic E-state index is 8.87. The van der Waals surface area contributed by atoms with E-state index in [1.807, 2.05) is 19.1 Å². The first kappa shape index (κ1) is 10.9. The van der Waals surface area contributed by atoms with E-state index in [2.05, 4.69) is 23.3 Å². The molecule has 1 aliphatic rings. The minimum atomic E-state index is 0.208. The zero-order chi connectivity index (χ0) is 11.6. The van der Waals surface area contributed by atoms with Crippen molar-refractivity contribution in [2.45, 2.75) is 13.8 Å². The number of nitrogens with one attached hydrogen (secondary N) is 1. The molecule has 0 atom stereocenters. The van der Waals surface area contributed by atoms with Crippen LogP contribution in [-0.4, -0.2) is 24.7 Å². The molecule has 1 aliphatic heterocycles.